The Morgan fingerprint density at radius 3 is 1.85 bits per heavy atom. The maximum atomic E-state index is 12.8. The Bertz CT molecular complexity index is 568. The van der Waals surface area contributed by atoms with E-state index in [1.165, 1.54) is 14.2 Å². The summed E-state index contributed by atoms with van der Waals surface area (Å²) in [4.78, 5) is 38.7. The normalized spacial score (nSPS) is 10.7. The van der Waals surface area contributed by atoms with Gasteiger partial charge in [0.1, 0.15) is 0 Å². The van der Waals surface area contributed by atoms with Crippen LogP contribution in [-0.2, 0) is 39.9 Å². The smallest absolute Gasteiger partial charge is 0.340 e. The zero-order chi connectivity index (χ0) is 19.5. The second kappa shape index (κ2) is 11.2. The Balaban J connectivity index is 3.28. The van der Waals surface area contributed by atoms with Crippen LogP contribution in [0.15, 0.2) is 30.3 Å². The van der Waals surface area contributed by atoms with E-state index >= 15 is 0 Å². The van der Waals surface area contributed by atoms with E-state index in [0.29, 0.717) is 5.56 Å². The van der Waals surface area contributed by atoms with Crippen LogP contribution < -0.4 is 0 Å². The van der Waals surface area contributed by atoms with E-state index in [0.717, 1.165) is 4.90 Å². The SMILES string of the molecule is CCOC(=O)C(C(=O)OCC)N(Cc1ccccc1)C(=O)C(OC)OC. The molecule has 8 heteroatoms. The first-order valence-electron chi connectivity index (χ1n) is 8.23. The molecule has 0 atom stereocenters. The van der Waals surface area contributed by atoms with Crippen LogP contribution in [0, 0.1) is 0 Å². The van der Waals surface area contributed by atoms with E-state index < -0.39 is 30.2 Å². The Hall–Kier alpha value is -2.45. The average Bonchev–Trinajstić information content (AvgIpc) is 2.63. The van der Waals surface area contributed by atoms with Crippen LogP contribution in [-0.4, -0.2) is 62.5 Å². The first kappa shape index (κ1) is 21.6. The Morgan fingerprint density at radius 2 is 1.42 bits per heavy atom. The monoisotopic (exact) mass is 367 g/mol. The number of hydrogen-bond acceptors (Lipinski definition) is 7. The molecule has 1 aromatic carbocycles. The fraction of sp³-hybridized carbons (Fsp3) is 0.500. The molecule has 0 saturated heterocycles. The lowest BCUT2D eigenvalue weighted by Gasteiger charge is -2.30. The molecule has 1 amide bonds. The van der Waals surface area contributed by atoms with E-state index in [2.05, 4.69) is 0 Å². The van der Waals surface area contributed by atoms with Gasteiger partial charge in [0.15, 0.2) is 0 Å². The number of ether oxygens (including phenoxy) is 4. The van der Waals surface area contributed by atoms with Crippen molar-refractivity contribution in [3.63, 3.8) is 0 Å². The van der Waals surface area contributed by atoms with Crippen LogP contribution in [0.1, 0.15) is 19.4 Å². The molecular weight excluding hydrogens is 342 g/mol. The molecule has 0 N–H and O–H groups in total. The summed E-state index contributed by atoms with van der Waals surface area (Å²) in [5.74, 6) is -2.44. The highest BCUT2D eigenvalue weighted by atomic mass is 16.7. The van der Waals surface area contributed by atoms with Gasteiger partial charge in [-0.15, -0.1) is 0 Å². The van der Waals surface area contributed by atoms with Gasteiger partial charge in [0.25, 0.3) is 5.91 Å². The zero-order valence-electron chi connectivity index (χ0n) is 15.5. The number of hydrogen-bond donors (Lipinski definition) is 0. The third-order valence-electron chi connectivity index (χ3n) is 3.44. The fourth-order valence-corrected chi connectivity index (χ4v) is 2.30. The summed E-state index contributed by atoms with van der Waals surface area (Å²) >= 11 is 0. The maximum absolute atomic E-state index is 12.8. The largest absolute Gasteiger partial charge is 0.464 e. The minimum atomic E-state index is -1.56. The number of methoxy groups -OCH3 is 2. The van der Waals surface area contributed by atoms with Crippen LogP contribution in [0.2, 0.25) is 0 Å². The van der Waals surface area contributed by atoms with Crippen LogP contribution in [0.25, 0.3) is 0 Å². The van der Waals surface area contributed by atoms with Crippen molar-refractivity contribution in [2.75, 3.05) is 27.4 Å². The van der Waals surface area contributed by atoms with E-state index in [1.807, 2.05) is 6.07 Å². The molecule has 0 aliphatic rings. The summed E-state index contributed by atoms with van der Waals surface area (Å²) in [5, 5.41) is 0. The molecule has 0 bridgehead atoms. The van der Waals surface area contributed by atoms with Crippen molar-refractivity contribution in [3.8, 4) is 0 Å². The Labute approximate surface area is 153 Å². The van der Waals surface area contributed by atoms with Crippen molar-refractivity contribution in [1.29, 1.82) is 0 Å². The van der Waals surface area contributed by atoms with Gasteiger partial charge in [-0.2, -0.15) is 0 Å². The summed E-state index contributed by atoms with van der Waals surface area (Å²) in [6, 6.07) is 7.36. The Morgan fingerprint density at radius 1 is 0.923 bits per heavy atom. The number of esters is 2. The summed E-state index contributed by atoms with van der Waals surface area (Å²) < 4.78 is 19.9. The second-order valence-electron chi connectivity index (χ2n) is 5.16. The summed E-state index contributed by atoms with van der Waals surface area (Å²) in [5.41, 5.74) is 0.713. The second-order valence-corrected chi connectivity index (χ2v) is 5.16. The number of carbonyl (C=O) groups excluding carboxylic acids is 3. The highest BCUT2D eigenvalue weighted by Gasteiger charge is 2.41. The van der Waals surface area contributed by atoms with Crippen molar-refractivity contribution in [2.24, 2.45) is 0 Å². The van der Waals surface area contributed by atoms with Gasteiger partial charge in [-0.1, -0.05) is 30.3 Å². The zero-order valence-corrected chi connectivity index (χ0v) is 15.5. The molecule has 1 aromatic rings. The molecule has 144 valence electrons. The summed E-state index contributed by atoms with van der Waals surface area (Å²) in [6.45, 7) is 3.30. The number of rotatable bonds is 10. The standard InChI is InChI=1S/C18H25NO7/c1-5-25-16(21)14(17(22)26-6-2)19(15(20)18(23-3)24-4)12-13-10-8-7-9-11-13/h7-11,14,18H,5-6,12H2,1-4H3. The molecule has 0 unspecified atom stereocenters. The van der Waals surface area contributed by atoms with Crippen LogP contribution in [0.5, 0.6) is 0 Å². The third kappa shape index (κ3) is 5.82. The lowest BCUT2D eigenvalue weighted by Crippen LogP contribution is -2.54. The van der Waals surface area contributed by atoms with Crippen LogP contribution >= 0.6 is 0 Å². The van der Waals surface area contributed by atoms with Crippen molar-refractivity contribution in [3.05, 3.63) is 35.9 Å². The van der Waals surface area contributed by atoms with Crippen molar-refractivity contribution < 1.29 is 33.3 Å². The molecule has 0 aliphatic carbocycles. The van der Waals surface area contributed by atoms with Gasteiger partial charge >= 0.3 is 11.9 Å². The van der Waals surface area contributed by atoms with Crippen LogP contribution in [0.4, 0.5) is 0 Å². The van der Waals surface area contributed by atoms with E-state index in [4.69, 9.17) is 18.9 Å². The molecule has 26 heavy (non-hydrogen) atoms. The molecule has 0 saturated carbocycles. The van der Waals surface area contributed by atoms with Gasteiger partial charge in [0.2, 0.25) is 12.3 Å². The molecule has 1 rings (SSSR count). The minimum Gasteiger partial charge on any atom is -0.464 e. The highest BCUT2D eigenvalue weighted by Crippen LogP contribution is 2.15. The first-order valence-corrected chi connectivity index (χ1v) is 8.23. The molecule has 0 aliphatic heterocycles. The van der Waals surface area contributed by atoms with Crippen molar-refractivity contribution in [1.82, 2.24) is 4.90 Å². The highest BCUT2D eigenvalue weighted by molar-refractivity contribution is 6.02. The lowest BCUT2D eigenvalue weighted by molar-refractivity contribution is -0.183. The third-order valence-corrected chi connectivity index (χ3v) is 3.44. The van der Waals surface area contributed by atoms with Crippen molar-refractivity contribution in [2.45, 2.75) is 32.7 Å². The molecule has 0 fully saturated rings. The van der Waals surface area contributed by atoms with Gasteiger partial charge in [-0.3, -0.25) is 4.79 Å². The van der Waals surface area contributed by atoms with E-state index in [9.17, 15) is 14.4 Å². The number of amides is 1. The van der Waals surface area contributed by atoms with Gasteiger partial charge in [-0.25, -0.2) is 9.59 Å². The van der Waals surface area contributed by atoms with E-state index in [1.54, 1.807) is 38.1 Å². The minimum absolute atomic E-state index is 0.0226. The number of benzene rings is 1. The summed E-state index contributed by atoms with van der Waals surface area (Å²) in [6.07, 6.45) is -1.27. The molecule has 0 aromatic heterocycles. The van der Waals surface area contributed by atoms with Crippen LogP contribution in [0.3, 0.4) is 0 Å². The average molecular weight is 367 g/mol. The first-order chi connectivity index (χ1) is 12.5. The maximum Gasteiger partial charge on any atom is 0.340 e. The molecule has 8 nitrogen and oxygen atoms in total. The van der Waals surface area contributed by atoms with Gasteiger partial charge in [0.05, 0.1) is 13.2 Å². The van der Waals surface area contributed by atoms with Crippen molar-refractivity contribution >= 4 is 17.8 Å². The molecular formula is C18H25NO7. The van der Waals surface area contributed by atoms with Gasteiger partial charge < -0.3 is 23.8 Å². The predicted molar refractivity (Wildman–Crippen MR) is 91.9 cm³/mol. The quantitative estimate of drug-likeness (QED) is 0.348. The molecule has 0 radical (unpaired) electrons. The molecule has 0 spiro atoms. The number of nitrogens with zero attached hydrogens (tertiary/aromatic N) is 1. The Kier molecular flexibility index (Phi) is 9.32. The molecule has 0 heterocycles. The van der Waals surface area contributed by atoms with Gasteiger partial charge in [-0.05, 0) is 19.4 Å². The van der Waals surface area contributed by atoms with E-state index in [-0.39, 0.29) is 19.8 Å². The summed E-state index contributed by atoms with van der Waals surface area (Å²) in [7, 11) is 2.58. The fourth-order valence-electron chi connectivity index (χ4n) is 2.30. The number of carbonyl (C=O) groups is 3. The predicted octanol–water partition coefficient (Wildman–Crippen LogP) is 1.13. The topological polar surface area (TPSA) is 91.4 Å². The van der Waals surface area contributed by atoms with Gasteiger partial charge in [0, 0.05) is 20.8 Å². The lowest BCUT2D eigenvalue weighted by atomic mass is 10.1.